The van der Waals surface area contributed by atoms with Crippen LogP contribution >= 0.6 is 31.9 Å². The smallest absolute Gasteiger partial charge is 0.285 e. The number of piperazine rings is 1. The highest BCUT2D eigenvalue weighted by atomic mass is 79.9. The van der Waals surface area contributed by atoms with Gasteiger partial charge in [-0.3, -0.25) is 15.4 Å². The monoisotopic (exact) mass is 421 g/mol. The molecule has 2 aliphatic heterocycles. The maximum absolute atomic E-state index is 11.3. The average molecular weight is 423 g/mol. The van der Waals surface area contributed by atoms with Crippen molar-refractivity contribution < 1.29 is 15.1 Å². The molecule has 4 atom stereocenters. The molecular weight excluding hydrogens is 414 g/mol. The Labute approximate surface area is 134 Å². The Morgan fingerprint density at radius 2 is 2.10 bits per heavy atom. The van der Waals surface area contributed by atoms with Crippen LogP contribution in [-0.4, -0.2) is 39.5 Å². The Morgan fingerprint density at radius 3 is 2.76 bits per heavy atom. The third-order valence-electron chi connectivity index (χ3n) is 3.41. The Kier molecular flexibility index (Phi) is 3.59. The minimum absolute atomic E-state index is 0.0855. The molecule has 4 N–H and O–H groups in total. The summed E-state index contributed by atoms with van der Waals surface area (Å²) in [5.41, 5.74) is 0.0995. The van der Waals surface area contributed by atoms with Crippen molar-refractivity contribution >= 4 is 31.9 Å². The molecule has 3 rings (SSSR count). The van der Waals surface area contributed by atoms with Crippen molar-refractivity contribution in [1.29, 1.82) is 0 Å². The third kappa shape index (κ3) is 2.29. The largest absolute Gasteiger partial charge is 0.491 e. The normalized spacial score (nSPS) is 34.9. The summed E-state index contributed by atoms with van der Waals surface area (Å²) in [5, 5.41) is 43.7. The van der Waals surface area contributed by atoms with Gasteiger partial charge in [0.15, 0.2) is 6.23 Å². The molecule has 1 saturated heterocycles. The zero-order valence-corrected chi connectivity index (χ0v) is 13.4. The van der Waals surface area contributed by atoms with Crippen LogP contribution in [0, 0.1) is 10.1 Å². The van der Waals surface area contributed by atoms with Crippen molar-refractivity contribution in [3.63, 3.8) is 0 Å². The van der Waals surface area contributed by atoms with Gasteiger partial charge >= 0.3 is 0 Å². The number of halogens is 2. The van der Waals surface area contributed by atoms with E-state index in [1.54, 1.807) is 6.08 Å². The number of hydrogen-bond donors (Lipinski definition) is 4. The highest BCUT2D eigenvalue weighted by Gasteiger charge is 2.47. The van der Waals surface area contributed by atoms with E-state index in [2.05, 4.69) is 52.7 Å². The van der Waals surface area contributed by atoms with Gasteiger partial charge in [-0.05, 0) is 37.9 Å². The van der Waals surface area contributed by atoms with E-state index in [1.165, 1.54) is 0 Å². The summed E-state index contributed by atoms with van der Waals surface area (Å²) in [6, 6.07) is -1.87. The van der Waals surface area contributed by atoms with Gasteiger partial charge in [0.2, 0.25) is 0 Å². The Morgan fingerprint density at radius 1 is 1.38 bits per heavy atom. The summed E-state index contributed by atoms with van der Waals surface area (Å²) in [4.78, 5) is 10.8. The number of allylic oxidation sites excluding steroid dienone is 2. The summed E-state index contributed by atoms with van der Waals surface area (Å²) in [6.07, 6.45) is 0.561. The molecule has 4 unspecified atom stereocenters. The molecule has 9 nitrogen and oxygen atoms in total. The Balaban J connectivity index is 2.04. The molecule has 0 radical (unpaired) electrons. The minimum Gasteiger partial charge on any atom is -0.491 e. The number of aliphatic hydroxyl groups excluding tert-OH is 2. The molecule has 0 aromatic rings. The fourth-order valence-corrected chi connectivity index (χ4v) is 3.48. The molecule has 1 fully saturated rings. The van der Waals surface area contributed by atoms with Crippen LogP contribution in [-0.2, 0) is 0 Å². The molecule has 112 valence electrons. The fourth-order valence-electron chi connectivity index (χ4n) is 2.47. The first-order valence-electron chi connectivity index (χ1n) is 5.86. The van der Waals surface area contributed by atoms with E-state index < -0.39 is 35.2 Å². The Bertz CT molecular complexity index is 643. The number of azo groups is 1. The number of hydrogen-bond acceptors (Lipinski definition) is 8. The quantitative estimate of drug-likeness (QED) is 0.367. The summed E-state index contributed by atoms with van der Waals surface area (Å²) >= 11 is 6.44. The number of nitrogens with one attached hydrogen (secondary N) is 2. The number of rotatable bonds is 1. The van der Waals surface area contributed by atoms with Crippen LogP contribution < -0.4 is 10.6 Å². The summed E-state index contributed by atoms with van der Waals surface area (Å²) in [5.74, 6) is -0.399. The molecule has 21 heavy (non-hydrogen) atoms. The molecule has 2 heterocycles. The van der Waals surface area contributed by atoms with Crippen molar-refractivity contribution in [2.75, 3.05) is 0 Å². The predicted octanol–water partition coefficient (Wildman–Crippen LogP) is 0.972. The highest BCUT2D eigenvalue weighted by Crippen LogP contribution is 2.37. The number of aliphatic hydroxyl groups is 2. The van der Waals surface area contributed by atoms with Crippen LogP contribution in [0.5, 0.6) is 0 Å². The predicted molar refractivity (Wildman–Crippen MR) is 78.1 cm³/mol. The van der Waals surface area contributed by atoms with Gasteiger partial charge in [-0.1, -0.05) is 0 Å². The van der Waals surface area contributed by atoms with Gasteiger partial charge in [-0.25, -0.2) is 0 Å². The van der Waals surface area contributed by atoms with E-state index in [0.717, 1.165) is 0 Å². The minimum atomic E-state index is -1.18. The lowest BCUT2D eigenvalue weighted by atomic mass is 9.93. The first-order valence-corrected chi connectivity index (χ1v) is 7.45. The lowest BCUT2D eigenvalue weighted by Gasteiger charge is -2.41. The van der Waals surface area contributed by atoms with Gasteiger partial charge in [-0.2, -0.15) is 5.11 Å². The lowest BCUT2D eigenvalue weighted by Crippen LogP contribution is -2.64. The van der Waals surface area contributed by atoms with Gasteiger partial charge in [-0.15, -0.1) is 5.11 Å². The molecule has 0 spiro atoms. The van der Waals surface area contributed by atoms with Gasteiger partial charge in [0.05, 0.1) is 16.7 Å². The molecule has 0 amide bonds. The summed E-state index contributed by atoms with van der Waals surface area (Å²) in [6.45, 7) is 0. The van der Waals surface area contributed by atoms with Crippen molar-refractivity contribution in [1.82, 2.24) is 10.6 Å². The van der Waals surface area contributed by atoms with Gasteiger partial charge < -0.3 is 15.5 Å². The second-order valence-electron chi connectivity index (χ2n) is 4.63. The summed E-state index contributed by atoms with van der Waals surface area (Å²) < 4.78 is 0.855. The molecule has 0 bridgehead atoms. The maximum atomic E-state index is 11.3. The van der Waals surface area contributed by atoms with Crippen LogP contribution in [0.4, 0.5) is 0 Å². The van der Waals surface area contributed by atoms with E-state index in [1.807, 2.05) is 0 Å². The fraction of sp³-hybridized carbons (Fsp3) is 0.400. The van der Waals surface area contributed by atoms with Crippen LogP contribution in [0.3, 0.4) is 0 Å². The topological polar surface area (TPSA) is 132 Å². The second kappa shape index (κ2) is 5.16. The zero-order valence-electron chi connectivity index (χ0n) is 10.2. The number of nitro groups is 1. The number of nitrogens with zero attached hydrogens (tertiary/aromatic N) is 3. The first-order chi connectivity index (χ1) is 9.90. The van der Waals surface area contributed by atoms with Crippen LogP contribution in [0.15, 0.2) is 42.5 Å². The van der Waals surface area contributed by atoms with Crippen LogP contribution in [0.2, 0.25) is 0 Å². The van der Waals surface area contributed by atoms with Gasteiger partial charge in [0.25, 0.3) is 11.6 Å². The van der Waals surface area contributed by atoms with Crippen molar-refractivity contribution in [3.8, 4) is 0 Å². The van der Waals surface area contributed by atoms with Crippen molar-refractivity contribution in [2.45, 2.75) is 24.4 Å². The molecule has 1 aliphatic carbocycles. The molecular formula is C10H9Br2N5O4. The highest BCUT2D eigenvalue weighted by molar-refractivity contribution is 9.15. The van der Waals surface area contributed by atoms with Crippen molar-refractivity contribution in [2.24, 2.45) is 10.2 Å². The van der Waals surface area contributed by atoms with E-state index in [4.69, 9.17) is 0 Å². The molecule has 11 heteroatoms. The summed E-state index contributed by atoms with van der Waals surface area (Å²) in [7, 11) is 0. The Hall–Kier alpha value is -1.30. The molecule has 0 aromatic carbocycles. The maximum Gasteiger partial charge on any atom is 0.285 e. The van der Waals surface area contributed by atoms with Crippen molar-refractivity contribution in [3.05, 3.63) is 42.4 Å². The van der Waals surface area contributed by atoms with Gasteiger partial charge in [0, 0.05) is 4.48 Å². The molecule has 3 aliphatic rings. The zero-order chi connectivity index (χ0) is 15.3. The van der Waals surface area contributed by atoms with Gasteiger partial charge in [0.1, 0.15) is 16.6 Å². The molecule has 0 aromatic heterocycles. The SMILES string of the molecule is O=[N+]([O-])C1=C(Br)C(Br)=CC2NC3C(=C(O)N=NC3O)NC12. The molecule has 0 saturated carbocycles. The van der Waals surface area contributed by atoms with E-state index in [-0.39, 0.29) is 11.4 Å². The average Bonchev–Trinajstić information content (AvgIpc) is 2.43. The van der Waals surface area contributed by atoms with E-state index >= 15 is 0 Å². The first kappa shape index (κ1) is 14.6. The lowest BCUT2D eigenvalue weighted by molar-refractivity contribution is -0.431. The van der Waals surface area contributed by atoms with Crippen LogP contribution in [0.25, 0.3) is 0 Å². The van der Waals surface area contributed by atoms with E-state index in [0.29, 0.717) is 8.96 Å². The van der Waals surface area contributed by atoms with Crippen LogP contribution in [0.1, 0.15) is 0 Å². The standard InChI is InChI=1S/C10H9Br2N5O4/c11-2-1-3-5(8(4(2)12)17(20)21)14-7-6(13-3)9(18)15-16-10(7)19/h1,3,5-6,9,13-14,18-19H. The third-order valence-corrected chi connectivity index (χ3v) is 5.44. The second-order valence-corrected chi connectivity index (χ2v) is 6.28. The number of fused-ring (bicyclic) bond motifs is 2. The van der Waals surface area contributed by atoms with E-state index in [9.17, 15) is 20.3 Å².